The number of anilines is 1. The van der Waals surface area contributed by atoms with Gasteiger partial charge in [0.25, 0.3) is 0 Å². The van der Waals surface area contributed by atoms with Crippen LogP contribution in [0.15, 0.2) is 42.5 Å². The van der Waals surface area contributed by atoms with E-state index in [1.807, 2.05) is 12.1 Å². The standard InChI is InChI=1S/C15H12Cl3NO2/c16-10-5-6-13(12(18)9-10)19-15(20)7-8-21-14-4-2-1-3-11(14)17/h1-6,9H,7-8H2,(H,19,20). The molecule has 2 aromatic carbocycles. The maximum absolute atomic E-state index is 11.8. The third-order valence-corrected chi connectivity index (χ3v) is 3.49. The first-order valence-corrected chi connectivity index (χ1v) is 7.32. The molecule has 0 aliphatic heterocycles. The van der Waals surface area contributed by atoms with E-state index in [-0.39, 0.29) is 18.9 Å². The molecule has 0 aliphatic carbocycles. The average molecular weight is 345 g/mol. The summed E-state index contributed by atoms with van der Waals surface area (Å²) in [6.07, 6.45) is 0.185. The molecule has 0 saturated heterocycles. The summed E-state index contributed by atoms with van der Waals surface area (Å²) >= 11 is 17.7. The molecular formula is C15H12Cl3NO2. The molecule has 6 heteroatoms. The van der Waals surface area contributed by atoms with Crippen LogP contribution in [0.4, 0.5) is 5.69 Å². The van der Waals surface area contributed by atoms with Crippen LogP contribution in [0.3, 0.4) is 0 Å². The summed E-state index contributed by atoms with van der Waals surface area (Å²) in [6.45, 7) is 0.223. The Hall–Kier alpha value is -1.42. The summed E-state index contributed by atoms with van der Waals surface area (Å²) in [5.41, 5.74) is 0.517. The van der Waals surface area contributed by atoms with E-state index < -0.39 is 0 Å². The van der Waals surface area contributed by atoms with Gasteiger partial charge in [0.2, 0.25) is 5.91 Å². The van der Waals surface area contributed by atoms with Gasteiger partial charge in [0, 0.05) is 5.02 Å². The lowest BCUT2D eigenvalue weighted by Crippen LogP contribution is -2.15. The van der Waals surface area contributed by atoms with Gasteiger partial charge >= 0.3 is 0 Å². The quantitative estimate of drug-likeness (QED) is 0.824. The van der Waals surface area contributed by atoms with Gasteiger partial charge in [-0.15, -0.1) is 0 Å². The molecule has 0 atom stereocenters. The lowest BCUT2D eigenvalue weighted by molar-refractivity contribution is -0.116. The Morgan fingerprint density at radius 2 is 1.81 bits per heavy atom. The number of carbonyl (C=O) groups is 1. The molecule has 0 heterocycles. The molecule has 2 rings (SSSR count). The van der Waals surface area contributed by atoms with Crippen molar-refractivity contribution >= 4 is 46.4 Å². The van der Waals surface area contributed by atoms with Crippen LogP contribution < -0.4 is 10.1 Å². The highest BCUT2D eigenvalue weighted by Gasteiger charge is 2.07. The molecule has 0 radical (unpaired) electrons. The van der Waals surface area contributed by atoms with Crippen LogP contribution in [0.2, 0.25) is 15.1 Å². The van der Waals surface area contributed by atoms with Crippen LogP contribution in [0.25, 0.3) is 0 Å². The van der Waals surface area contributed by atoms with E-state index in [9.17, 15) is 4.79 Å². The molecule has 3 nitrogen and oxygen atoms in total. The molecule has 0 unspecified atom stereocenters. The fourth-order valence-electron chi connectivity index (χ4n) is 1.62. The first-order valence-electron chi connectivity index (χ1n) is 6.18. The Labute approximate surface area is 137 Å². The second kappa shape index (κ2) is 7.55. The first-order chi connectivity index (χ1) is 10.1. The molecular weight excluding hydrogens is 333 g/mol. The number of nitrogens with one attached hydrogen (secondary N) is 1. The molecule has 1 amide bonds. The van der Waals surface area contributed by atoms with E-state index in [2.05, 4.69) is 5.32 Å². The third kappa shape index (κ3) is 4.81. The number of rotatable bonds is 5. The van der Waals surface area contributed by atoms with E-state index >= 15 is 0 Å². The summed E-state index contributed by atoms with van der Waals surface area (Å²) < 4.78 is 5.45. The van der Waals surface area contributed by atoms with Crippen LogP contribution in [-0.2, 0) is 4.79 Å². The Kier molecular flexibility index (Phi) is 5.74. The summed E-state index contributed by atoms with van der Waals surface area (Å²) in [4.78, 5) is 11.8. The minimum Gasteiger partial charge on any atom is -0.491 e. The molecule has 110 valence electrons. The summed E-state index contributed by atoms with van der Waals surface area (Å²) in [7, 11) is 0. The van der Waals surface area contributed by atoms with Crippen molar-refractivity contribution in [3.8, 4) is 5.75 Å². The third-order valence-electron chi connectivity index (χ3n) is 2.63. The Morgan fingerprint density at radius 3 is 2.52 bits per heavy atom. The van der Waals surface area contributed by atoms with Crippen LogP contribution in [0.1, 0.15) is 6.42 Å². The van der Waals surface area contributed by atoms with Gasteiger partial charge in [0.05, 0.1) is 28.8 Å². The Morgan fingerprint density at radius 1 is 1.05 bits per heavy atom. The molecule has 1 N–H and O–H groups in total. The predicted octanol–water partition coefficient (Wildman–Crippen LogP) is 5.05. The number of benzene rings is 2. The predicted molar refractivity (Wildman–Crippen MR) is 86.7 cm³/mol. The topological polar surface area (TPSA) is 38.3 Å². The highest BCUT2D eigenvalue weighted by molar-refractivity contribution is 6.36. The number of hydrogen-bond donors (Lipinski definition) is 1. The first kappa shape index (κ1) is 16.0. The van der Waals surface area contributed by atoms with E-state index in [4.69, 9.17) is 39.5 Å². The summed E-state index contributed by atoms with van der Waals surface area (Å²) in [5, 5.41) is 4.11. The van der Waals surface area contributed by atoms with Crippen molar-refractivity contribution in [2.24, 2.45) is 0 Å². The van der Waals surface area contributed by atoms with Crippen LogP contribution in [-0.4, -0.2) is 12.5 Å². The van der Waals surface area contributed by atoms with Gasteiger partial charge in [-0.1, -0.05) is 46.9 Å². The molecule has 0 fully saturated rings. The van der Waals surface area contributed by atoms with Gasteiger partial charge < -0.3 is 10.1 Å². The number of amides is 1. The largest absolute Gasteiger partial charge is 0.491 e. The Bertz CT molecular complexity index is 647. The molecule has 0 saturated carbocycles. The van der Waals surface area contributed by atoms with Crippen molar-refractivity contribution in [1.82, 2.24) is 0 Å². The van der Waals surface area contributed by atoms with Crippen molar-refractivity contribution in [2.45, 2.75) is 6.42 Å². The van der Waals surface area contributed by atoms with E-state index in [0.29, 0.717) is 26.5 Å². The number of ether oxygens (including phenoxy) is 1. The van der Waals surface area contributed by atoms with Gasteiger partial charge in [-0.25, -0.2) is 0 Å². The van der Waals surface area contributed by atoms with Gasteiger partial charge in [-0.3, -0.25) is 4.79 Å². The van der Waals surface area contributed by atoms with Crippen LogP contribution in [0, 0.1) is 0 Å². The maximum atomic E-state index is 11.8. The second-order valence-corrected chi connectivity index (χ2v) is 5.45. The van der Waals surface area contributed by atoms with Crippen LogP contribution in [0.5, 0.6) is 5.75 Å². The summed E-state index contributed by atoms with van der Waals surface area (Å²) in [5.74, 6) is 0.350. The lowest BCUT2D eigenvalue weighted by Gasteiger charge is -2.09. The zero-order valence-corrected chi connectivity index (χ0v) is 13.2. The SMILES string of the molecule is O=C(CCOc1ccccc1Cl)Nc1ccc(Cl)cc1Cl. The smallest absolute Gasteiger partial charge is 0.227 e. The number of halogens is 3. The monoisotopic (exact) mass is 343 g/mol. The maximum Gasteiger partial charge on any atom is 0.227 e. The molecule has 0 aromatic heterocycles. The van der Waals surface area contributed by atoms with E-state index in [1.54, 1.807) is 30.3 Å². The van der Waals surface area contributed by atoms with Crippen molar-refractivity contribution in [2.75, 3.05) is 11.9 Å². The highest BCUT2D eigenvalue weighted by atomic mass is 35.5. The number of para-hydroxylation sites is 1. The summed E-state index contributed by atoms with van der Waals surface area (Å²) in [6, 6.07) is 12.0. The minimum absolute atomic E-state index is 0.185. The fraction of sp³-hybridized carbons (Fsp3) is 0.133. The minimum atomic E-state index is -0.203. The zero-order chi connectivity index (χ0) is 15.2. The second-order valence-electron chi connectivity index (χ2n) is 4.20. The molecule has 2 aromatic rings. The van der Waals surface area contributed by atoms with Gasteiger partial charge in [0.1, 0.15) is 5.75 Å². The molecule has 0 aliphatic rings. The van der Waals surface area contributed by atoms with Crippen molar-refractivity contribution in [3.63, 3.8) is 0 Å². The van der Waals surface area contributed by atoms with Gasteiger partial charge in [-0.05, 0) is 30.3 Å². The van der Waals surface area contributed by atoms with Crippen LogP contribution >= 0.6 is 34.8 Å². The van der Waals surface area contributed by atoms with E-state index in [1.165, 1.54) is 0 Å². The molecule has 21 heavy (non-hydrogen) atoms. The van der Waals surface area contributed by atoms with E-state index in [0.717, 1.165) is 0 Å². The lowest BCUT2D eigenvalue weighted by atomic mass is 10.3. The molecule has 0 spiro atoms. The zero-order valence-electron chi connectivity index (χ0n) is 10.9. The fourth-order valence-corrected chi connectivity index (χ4v) is 2.27. The number of hydrogen-bond acceptors (Lipinski definition) is 2. The van der Waals surface area contributed by atoms with Crippen molar-refractivity contribution in [3.05, 3.63) is 57.5 Å². The molecule has 0 bridgehead atoms. The highest BCUT2D eigenvalue weighted by Crippen LogP contribution is 2.26. The van der Waals surface area contributed by atoms with Crippen molar-refractivity contribution < 1.29 is 9.53 Å². The van der Waals surface area contributed by atoms with Crippen molar-refractivity contribution in [1.29, 1.82) is 0 Å². The normalized spacial score (nSPS) is 10.2. The Balaban J connectivity index is 1.84. The number of carbonyl (C=O) groups excluding carboxylic acids is 1. The average Bonchev–Trinajstić information content (AvgIpc) is 2.44. The van der Waals surface area contributed by atoms with Gasteiger partial charge in [0.15, 0.2) is 0 Å². The van der Waals surface area contributed by atoms with Gasteiger partial charge in [-0.2, -0.15) is 0 Å².